The third-order valence-electron chi connectivity index (χ3n) is 4.55. The van der Waals surface area contributed by atoms with Gasteiger partial charge >= 0.3 is 0 Å². The molecule has 1 aromatic carbocycles. The summed E-state index contributed by atoms with van der Waals surface area (Å²) in [4.78, 5) is 26.7. The van der Waals surface area contributed by atoms with E-state index in [-0.39, 0.29) is 17.9 Å². The molecular formula is C20H29ClN2O4. The predicted molar refractivity (Wildman–Crippen MR) is 106 cm³/mol. The van der Waals surface area contributed by atoms with Gasteiger partial charge < -0.3 is 19.7 Å². The number of carbonyl (C=O) groups is 2. The Kier molecular flexibility index (Phi) is 7.78. The number of piperidine rings is 1. The number of benzene rings is 1. The summed E-state index contributed by atoms with van der Waals surface area (Å²) in [5.41, 5.74) is 0.429. The Balaban J connectivity index is 1.96. The predicted octanol–water partition coefficient (Wildman–Crippen LogP) is 3.51. The number of ether oxygens (including phenoxy) is 2. The van der Waals surface area contributed by atoms with Crippen LogP contribution in [0.15, 0.2) is 12.1 Å². The number of likely N-dealkylation sites (tertiary alicyclic amines) is 1. The van der Waals surface area contributed by atoms with E-state index in [1.165, 1.54) is 7.11 Å². The molecule has 0 bridgehead atoms. The number of amides is 2. The summed E-state index contributed by atoms with van der Waals surface area (Å²) in [5.74, 6) is 1.22. The van der Waals surface area contributed by atoms with Crippen molar-refractivity contribution in [1.29, 1.82) is 0 Å². The van der Waals surface area contributed by atoms with E-state index in [2.05, 4.69) is 5.32 Å². The second-order valence-corrected chi connectivity index (χ2v) is 7.56. The molecule has 150 valence electrons. The number of carbonyl (C=O) groups excluding carboxylic acids is 2. The molecule has 1 aliphatic rings. The van der Waals surface area contributed by atoms with Crippen LogP contribution in [0.3, 0.4) is 0 Å². The van der Waals surface area contributed by atoms with Gasteiger partial charge in [-0.2, -0.15) is 0 Å². The molecule has 2 rings (SSSR count). The van der Waals surface area contributed by atoms with E-state index >= 15 is 0 Å². The first-order chi connectivity index (χ1) is 12.8. The number of rotatable bonds is 7. The average Bonchev–Trinajstić information content (AvgIpc) is 2.63. The lowest BCUT2D eigenvalue weighted by Gasteiger charge is -2.33. The van der Waals surface area contributed by atoms with Crippen LogP contribution in [-0.4, -0.2) is 49.6 Å². The highest BCUT2D eigenvalue weighted by Gasteiger charge is 2.25. The lowest BCUT2D eigenvalue weighted by atomic mass is 10.0. The van der Waals surface area contributed by atoms with E-state index in [0.29, 0.717) is 54.1 Å². The topological polar surface area (TPSA) is 67.9 Å². The zero-order chi connectivity index (χ0) is 20.0. The second kappa shape index (κ2) is 9.83. The van der Waals surface area contributed by atoms with Crippen molar-refractivity contribution < 1.29 is 19.1 Å². The molecule has 1 aliphatic heterocycles. The summed E-state index contributed by atoms with van der Waals surface area (Å²) in [6, 6.07) is 3.26. The highest BCUT2D eigenvalue weighted by Crippen LogP contribution is 2.36. The number of nitrogens with one attached hydrogen (secondary N) is 1. The number of hydrogen-bond acceptors (Lipinski definition) is 4. The third-order valence-corrected chi connectivity index (χ3v) is 4.83. The monoisotopic (exact) mass is 396 g/mol. The van der Waals surface area contributed by atoms with Crippen molar-refractivity contribution in [2.45, 2.75) is 46.1 Å². The fraction of sp³-hybridized carbons (Fsp3) is 0.600. The first-order valence-electron chi connectivity index (χ1n) is 9.44. The van der Waals surface area contributed by atoms with Crippen molar-refractivity contribution in [2.75, 3.05) is 26.8 Å². The van der Waals surface area contributed by atoms with E-state index in [4.69, 9.17) is 21.1 Å². The molecule has 1 N–H and O–H groups in total. The van der Waals surface area contributed by atoms with Gasteiger partial charge in [-0.25, -0.2) is 0 Å². The molecule has 0 aliphatic carbocycles. The molecule has 0 unspecified atom stereocenters. The van der Waals surface area contributed by atoms with Crippen LogP contribution in [-0.2, 0) is 4.79 Å². The molecule has 1 aromatic rings. The summed E-state index contributed by atoms with van der Waals surface area (Å²) in [6.45, 7) is 7.74. The van der Waals surface area contributed by atoms with Gasteiger partial charge in [0, 0.05) is 31.1 Å². The standard InChI is InChI=1S/C20H29ClN2O4/c1-5-27-19-16(21)11-14(12-17(19)26-4)20(25)22-15-6-8-23(9-7-15)18(24)10-13(2)3/h11-13,15H,5-10H2,1-4H3,(H,22,25). The fourth-order valence-corrected chi connectivity index (χ4v) is 3.42. The molecule has 2 amide bonds. The van der Waals surface area contributed by atoms with E-state index < -0.39 is 0 Å². The Bertz CT molecular complexity index is 670. The van der Waals surface area contributed by atoms with E-state index in [9.17, 15) is 9.59 Å². The Morgan fingerprint density at radius 1 is 1.30 bits per heavy atom. The second-order valence-electron chi connectivity index (χ2n) is 7.15. The SMILES string of the molecule is CCOc1c(Cl)cc(C(=O)NC2CCN(C(=O)CC(C)C)CC2)cc1OC. The Morgan fingerprint density at radius 2 is 1.96 bits per heavy atom. The third kappa shape index (κ3) is 5.76. The highest BCUT2D eigenvalue weighted by atomic mass is 35.5. The van der Waals surface area contributed by atoms with Crippen LogP contribution in [0.5, 0.6) is 11.5 Å². The van der Waals surface area contributed by atoms with Crippen LogP contribution < -0.4 is 14.8 Å². The minimum atomic E-state index is -0.204. The highest BCUT2D eigenvalue weighted by molar-refractivity contribution is 6.32. The maximum Gasteiger partial charge on any atom is 0.251 e. The molecule has 7 heteroatoms. The Labute approximate surface area is 166 Å². The maximum atomic E-state index is 12.6. The molecule has 1 heterocycles. The molecule has 6 nitrogen and oxygen atoms in total. The molecule has 1 fully saturated rings. The summed E-state index contributed by atoms with van der Waals surface area (Å²) in [7, 11) is 1.51. The normalized spacial score (nSPS) is 15.0. The van der Waals surface area contributed by atoms with Crippen molar-refractivity contribution >= 4 is 23.4 Å². The van der Waals surface area contributed by atoms with Gasteiger partial charge in [0.2, 0.25) is 5.91 Å². The van der Waals surface area contributed by atoms with Crippen LogP contribution in [0.1, 0.15) is 50.4 Å². The molecular weight excluding hydrogens is 368 g/mol. The molecule has 27 heavy (non-hydrogen) atoms. The number of methoxy groups -OCH3 is 1. The molecule has 1 saturated heterocycles. The minimum Gasteiger partial charge on any atom is -0.493 e. The van der Waals surface area contributed by atoms with Crippen LogP contribution in [0.25, 0.3) is 0 Å². The first-order valence-corrected chi connectivity index (χ1v) is 9.82. The summed E-state index contributed by atoms with van der Waals surface area (Å²) in [6.07, 6.45) is 2.07. The van der Waals surface area contributed by atoms with E-state index in [0.717, 1.165) is 12.8 Å². The lowest BCUT2D eigenvalue weighted by Crippen LogP contribution is -2.46. The Morgan fingerprint density at radius 3 is 2.52 bits per heavy atom. The summed E-state index contributed by atoms with van der Waals surface area (Å²) in [5, 5.41) is 3.38. The van der Waals surface area contributed by atoms with Crippen LogP contribution in [0.2, 0.25) is 5.02 Å². The fourth-order valence-electron chi connectivity index (χ4n) is 3.16. The van der Waals surface area contributed by atoms with Gasteiger partial charge in [0.05, 0.1) is 18.7 Å². The molecule has 0 aromatic heterocycles. The van der Waals surface area contributed by atoms with Gasteiger partial charge in [-0.1, -0.05) is 25.4 Å². The summed E-state index contributed by atoms with van der Waals surface area (Å²) >= 11 is 6.25. The zero-order valence-electron chi connectivity index (χ0n) is 16.5. The smallest absolute Gasteiger partial charge is 0.251 e. The van der Waals surface area contributed by atoms with Crippen LogP contribution >= 0.6 is 11.6 Å². The van der Waals surface area contributed by atoms with Gasteiger partial charge in [-0.15, -0.1) is 0 Å². The quantitative estimate of drug-likeness (QED) is 0.765. The maximum absolute atomic E-state index is 12.6. The van der Waals surface area contributed by atoms with E-state index in [1.54, 1.807) is 12.1 Å². The van der Waals surface area contributed by atoms with Gasteiger partial charge in [-0.05, 0) is 37.8 Å². The van der Waals surface area contributed by atoms with Gasteiger partial charge in [-0.3, -0.25) is 9.59 Å². The Hall–Kier alpha value is -1.95. The van der Waals surface area contributed by atoms with Gasteiger partial charge in [0.1, 0.15) is 0 Å². The average molecular weight is 397 g/mol. The number of nitrogens with zero attached hydrogens (tertiary/aromatic N) is 1. The number of hydrogen-bond donors (Lipinski definition) is 1. The summed E-state index contributed by atoms with van der Waals surface area (Å²) < 4.78 is 10.8. The molecule has 0 radical (unpaired) electrons. The van der Waals surface area contributed by atoms with Crippen molar-refractivity contribution in [3.05, 3.63) is 22.7 Å². The van der Waals surface area contributed by atoms with Crippen molar-refractivity contribution in [1.82, 2.24) is 10.2 Å². The lowest BCUT2D eigenvalue weighted by molar-refractivity contribution is -0.133. The van der Waals surface area contributed by atoms with Crippen molar-refractivity contribution in [3.63, 3.8) is 0 Å². The molecule has 0 spiro atoms. The van der Waals surface area contributed by atoms with Crippen molar-refractivity contribution in [3.8, 4) is 11.5 Å². The van der Waals surface area contributed by atoms with Gasteiger partial charge in [0.25, 0.3) is 5.91 Å². The molecule has 0 atom stereocenters. The first kappa shape index (κ1) is 21.4. The molecule has 0 saturated carbocycles. The minimum absolute atomic E-state index is 0.0388. The number of halogens is 1. The zero-order valence-corrected chi connectivity index (χ0v) is 17.3. The largest absolute Gasteiger partial charge is 0.493 e. The van der Waals surface area contributed by atoms with Crippen LogP contribution in [0.4, 0.5) is 0 Å². The van der Waals surface area contributed by atoms with E-state index in [1.807, 2.05) is 25.7 Å². The van der Waals surface area contributed by atoms with Gasteiger partial charge in [0.15, 0.2) is 11.5 Å². The van der Waals surface area contributed by atoms with Crippen molar-refractivity contribution in [2.24, 2.45) is 5.92 Å². The van der Waals surface area contributed by atoms with Crippen LogP contribution in [0, 0.1) is 5.92 Å².